The van der Waals surface area contributed by atoms with Crippen molar-refractivity contribution < 1.29 is 5.11 Å². The lowest BCUT2D eigenvalue weighted by atomic mass is 10.1. The van der Waals surface area contributed by atoms with Crippen LogP contribution >= 0.6 is 0 Å². The molecule has 1 N–H and O–H groups in total. The fourth-order valence-electron chi connectivity index (χ4n) is 2.02. The molecule has 2 aliphatic rings. The maximum atomic E-state index is 9.43. The highest BCUT2D eigenvalue weighted by atomic mass is 16.3. The molecule has 0 amide bonds. The molecule has 0 saturated carbocycles. The van der Waals surface area contributed by atoms with E-state index in [4.69, 9.17) is 0 Å². The zero-order valence-electron chi connectivity index (χ0n) is 8.15. The van der Waals surface area contributed by atoms with Crippen LogP contribution in [0.5, 0.6) is 0 Å². The second-order valence-corrected chi connectivity index (χ2v) is 3.66. The summed E-state index contributed by atoms with van der Waals surface area (Å²) in [5.74, 6) is 0.330. The largest absolute Gasteiger partial charge is 0.506 e. The van der Waals surface area contributed by atoms with Gasteiger partial charge in [-0.15, -0.1) is 0 Å². The van der Waals surface area contributed by atoms with Gasteiger partial charge in [0.2, 0.25) is 0 Å². The standard InChI is InChI=1S/C10H14N2O/c1-7-4-9(13)6-12-8(2)5-11(3)10(7)12/h4-6,10,13H,1-3H3. The zero-order chi connectivity index (χ0) is 9.59. The van der Waals surface area contributed by atoms with Crippen molar-refractivity contribution in [2.24, 2.45) is 0 Å². The Bertz CT molecular complexity index is 328. The second-order valence-electron chi connectivity index (χ2n) is 3.66. The van der Waals surface area contributed by atoms with Crippen molar-refractivity contribution >= 4 is 0 Å². The molecule has 3 nitrogen and oxygen atoms in total. The summed E-state index contributed by atoms with van der Waals surface area (Å²) in [7, 11) is 2.04. The van der Waals surface area contributed by atoms with E-state index in [-0.39, 0.29) is 6.17 Å². The number of allylic oxidation sites excluding steroid dienone is 2. The van der Waals surface area contributed by atoms with Crippen LogP contribution in [-0.4, -0.2) is 28.1 Å². The first-order valence-electron chi connectivity index (χ1n) is 4.37. The van der Waals surface area contributed by atoms with E-state index in [0.717, 1.165) is 11.3 Å². The molecular formula is C10H14N2O. The van der Waals surface area contributed by atoms with Gasteiger partial charge in [-0.2, -0.15) is 0 Å². The van der Waals surface area contributed by atoms with Crippen molar-refractivity contribution in [2.75, 3.05) is 7.05 Å². The van der Waals surface area contributed by atoms with Crippen LogP contribution in [0.25, 0.3) is 0 Å². The highest BCUT2D eigenvalue weighted by Gasteiger charge is 2.30. The Morgan fingerprint density at radius 1 is 1.31 bits per heavy atom. The monoisotopic (exact) mass is 178 g/mol. The lowest BCUT2D eigenvalue weighted by molar-refractivity contribution is 0.239. The Labute approximate surface area is 78.3 Å². The second kappa shape index (κ2) is 2.55. The van der Waals surface area contributed by atoms with Gasteiger partial charge in [0, 0.05) is 25.1 Å². The third-order valence-electron chi connectivity index (χ3n) is 2.50. The van der Waals surface area contributed by atoms with Crippen LogP contribution < -0.4 is 0 Å². The van der Waals surface area contributed by atoms with Gasteiger partial charge in [-0.05, 0) is 25.5 Å². The van der Waals surface area contributed by atoms with Gasteiger partial charge in [0.25, 0.3) is 0 Å². The number of fused-ring (bicyclic) bond motifs is 1. The Morgan fingerprint density at radius 3 is 2.69 bits per heavy atom. The average Bonchev–Trinajstić information content (AvgIpc) is 2.27. The summed E-state index contributed by atoms with van der Waals surface area (Å²) < 4.78 is 0. The highest BCUT2D eigenvalue weighted by Crippen LogP contribution is 2.30. The van der Waals surface area contributed by atoms with E-state index in [1.165, 1.54) is 0 Å². The predicted molar refractivity (Wildman–Crippen MR) is 51.6 cm³/mol. The number of hydrogen-bond acceptors (Lipinski definition) is 3. The lowest BCUT2D eigenvalue weighted by Crippen LogP contribution is -2.37. The minimum Gasteiger partial charge on any atom is -0.506 e. The maximum absolute atomic E-state index is 9.43. The first-order valence-corrected chi connectivity index (χ1v) is 4.37. The summed E-state index contributed by atoms with van der Waals surface area (Å²) in [5, 5.41) is 9.43. The first kappa shape index (κ1) is 8.23. The van der Waals surface area contributed by atoms with Crippen molar-refractivity contribution in [3.8, 4) is 0 Å². The summed E-state index contributed by atoms with van der Waals surface area (Å²) in [6.45, 7) is 4.07. The van der Waals surface area contributed by atoms with Crippen LogP contribution in [0.4, 0.5) is 0 Å². The molecule has 0 aromatic rings. The molecule has 2 aliphatic heterocycles. The molecule has 0 fully saturated rings. The van der Waals surface area contributed by atoms with Gasteiger partial charge in [0.15, 0.2) is 0 Å². The molecule has 2 heterocycles. The topological polar surface area (TPSA) is 26.7 Å². The summed E-state index contributed by atoms with van der Waals surface area (Å²) in [6, 6.07) is 0. The molecule has 0 aromatic heterocycles. The summed E-state index contributed by atoms with van der Waals surface area (Å²) in [5.41, 5.74) is 2.32. The number of hydrogen-bond donors (Lipinski definition) is 1. The van der Waals surface area contributed by atoms with Gasteiger partial charge in [-0.25, -0.2) is 0 Å². The van der Waals surface area contributed by atoms with Gasteiger partial charge < -0.3 is 14.9 Å². The van der Waals surface area contributed by atoms with Crippen molar-refractivity contribution in [3.63, 3.8) is 0 Å². The predicted octanol–water partition coefficient (Wildman–Crippen LogP) is 1.78. The van der Waals surface area contributed by atoms with Crippen LogP contribution in [0.1, 0.15) is 13.8 Å². The van der Waals surface area contributed by atoms with Crippen LogP contribution in [-0.2, 0) is 0 Å². The fraction of sp³-hybridized carbons (Fsp3) is 0.400. The normalized spacial score (nSPS) is 26.7. The molecule has 0 bridgehead atoms. The van der Waals surface area contributed by atoms with Gasteiger partial charge in [0.05, 0.1) is 0 Å². The van der Waals surface area contributed by atoms with Gasteiger partial charge >= 0.3 is 0 Å². The smallest absolute Gasteiger partial charge is 0.131 e. The van der Waals surface area contributed by atoms with Gasteiger partial charge in [-0.1, -0.05) is 0 Å². The van der Waals surface area contributed by atoms with Crippen LogP contribution in [0, 0.1) is 0 Å². The summed E-state index contributed by atoms with van der Waals surface area (Å²) in [6.07, 6.45) is 5.92. The molecule has 3 heteroatoms. The van der Waals surface area contributed by atoms with E-state index in [0.29, 0.717) is 5.76 Å². The average molecular weight is 178 g/mol. The fourth-order valence-corrected chi connectivity index (χ4v) is 2.02. The summed E-state index contributed by atoms with van der Waals surface area (Å²) in [4.78, 5) is 4.22. The van der Waals surface area contributed by atoms with Gasteiger partial charge in [0.1, 0.15) is 11.9 Å². The molecule has 0 spiro atoms. The van der Waals surface area contributed by atoms with Crippen molar-refractivity contribution in [1.29, 1.82) is 0 Å². The maximum Gasteiger partial charge on any atom is 0.131 e. The van der Waals surface area contributed by atoms with Crippen LogP contribution in [0.2, 0.25) is 0 Å². The van der Waals surface area contributed by atoms with Crippen molar-refractivity contribution in [2.45, 2.75) is 20.0 Å². The number of nitrogens with zero attached hydrogens (tertiary/aromatic N) is 2. The molecule has 70 valence electrons. The number of likely N-dealkylation sites (N-methyl/N-ethyl adjacent to an activating group) is 1. The Balaban J connectivity index is 2.39. The van der Waals surface area contributed by atoms with Crippen LogP contribution in [0.15, 0.2) is 35.5 Å². The van der Waals surface area contributed by atoms with E-state index in [1.807, 2.05) is 27.0 Å². The molecule has 2 rings (SSSR count). The number of rotatable bonds is 0. The van der Waals surface area contributed by atoms with Gasteiger partial charge in [-0.3, -0.25) is 0 Å². The third-order valence-corrected chi connectivity index (χ3v) is 2.50. The minimum absolute atomic E-state index is 0.260. The third kappa shape index (κ3) is 1.11. The molecular weight excluding hydrogens is 164 g/mol. The van der Waals surface area contributed by atoms with E-state index in [9.17, 15) is 5.11 Å². The van der Waals surface area contributed by atoms with Crippen LogP contribution in [0.3, 0.4) is 0 Å². The van der Waals surface area contributed by atoms with E-state index in [1.54, 1.807) is 6.20 Å². The first-order chi connectivity index (χ1) is 6.09. The minimum atomic E-state index is 0.260. The SMILES string of the molecule is CC1=CC(O)=CN2C(C)=CN(C)C12. The molecule has 1 atom stereocenters. The molecule has 0 radical (unpaired) electrons. The van der Waals surface area contributed by atoms with E-state index in [2.05, 4.69) is 16.0 Å². The number of aliphatic hydroxyl groups excluding tert-OH is 1. The van der Waals surface area contributed by atoms with Crippen molar-refractivity contribution in [3.05, 3.63) is 35.5 Å². The van der Waals surface area contributed by atoms with Crippen molar-refractivity contribution in [1.82, 2.24) is 9.80 Å². The Kier molecular flexibility index (Phi) is 1.62. The molecule has 0 aromatic carbocycles. The molecule has 13 heavy (non-hydrogen) atoms. The quantitative estimate of drug-likeness (QED) is 0.612. The summed E-state index contributed by atoms with van der Waals surface area (Å²) >= 11 is 0. The Hall–Kier alpha value is -1.38. The zero-order valence-corrected chi connectivity index (χ0v) is 8.15. The van der Waals surface area contributed by atoms with E-state index >= 15 is 0 Å². The molecule has 0 saturated heterocycles. The molecule has 0 aliphatic carbocycles. The molecule has 1 unspecified atom stereocenters. The lowest BCUT2D eigenvalue weighted by Gasteiger charge is -2.32. The number of aliphatic hydroxyl groups is 1. The highest BCUT2D eigenvalue weighted by molar-refractivity contribution is 5.31. The Morgan fingerprint density at radius 2 is 2.00 bits per heavy atom. The van der Waals surface area contributed by atoms with E-state index < -0.39 is 0 Å².